The fourth-order valence-corrected chi connectivity index (χ4v) is 6.15. The first-order valence-electron chi connectivity index (χ1n) is 16.7. The zero-order valence-corrected chi connectivity index (χ0v) is 31.1. The number of amides is 1. The molecule has 1 atom stereocenters. The van der Waals surface area contributed by atoms with Crippen molar-refractivity contribution in [3.63, 3.8) is 0 Å². The van der Waals surface area contributed by atoms with Crippen LogP contribution in [0.3, 0.4) is 0 Å². The van der Waals surface area contributed by atoms with Crippen LogP contribution >= 0.6 is 0 Å². The number of pyridine rings is 2. The molecule has 0 saturated heterocycles. The highest BCUT2D eigenvalue weighted by Gasteiger charge is 2.37. The number of hydrogen-bond donors (Lipinski definition) is 2. The summed E-state index contributed by atoms with van der Waals surface area (Å²) in [5, 5.41) is 23.1. The van der Waals surface area contributed by atoms with E-state index in [0.717, 1.165) is 33.4 Å². The molecule has 0 aliphatic heterocycles. The van der Waals surface area contributed by atoms with Gasteiger partial charge >= 0.3 is 6.09 Å². The fourth-order valence-electron chi connectivity index (χ4n) is 5.21. The van der Waals surface area contributed by atoms with Crippen LogP contribution in [0.25, 0.3) is 39.2 Å². The summed E-state index contributed by atoms with van der Waals surface area (Å²) < 4.78 is 15.6. The maximum Gasteiger partial charge on any atom is 0.408 e. The molecule has 260 valence electrons. The predicted octanol–water partition coefficient (Wildman–Crippen LogP) is 7.74. The van der Waals surface area contributed by atoms with E-state index in [2.05, 4.69) is 51.3 Å². The second-order valence-electron chi connectivity index (χ2n) is 14.9. The second kappa shape index (κ2) is 14.2. The number of aliphatic hydroxyl groups excluding tert-OH is 1. The Kier molecular flexibility index (Phi) is 10.4. The molecule has 1 amide bonds. The maximum atomic E-state index is 12.8. The van der Waals surface area contributed by atoms with Gasteiger partial charge in [-0.25, -0.2) is 14.5 Å². The van der Waals surface area contributed by atoms with Crippen LogP contribution in [0.15, 0.2) is 67.0 Å². The molecule has 4 heterocycles. The van der Waals surface area contributed by atoms with Crippen molar-refractivity contribution in [2.24, 2.45) is 7.05 Å². The SMILES string of the molecule is Cn1ccc(-c2cc(-c3cccc([C@H](CCCO)NC(=O)OC(C)(C)C)n3)cc3c2cnn3-c2cccc(CO[Si](C)(C)C(C)(C)C)n2)n1. The van der Waals surface area contributed by atoms with Crippen molar-refractivity contribution < 1.29 is 19.1 Å². The molecule has 0 spiro atoms. The zero-order chi connectivity index (χ0) is 35.6. The molecular weight excluding hydrogens is 635 g/mol. The minimum absolute atomic E-state index is 0.00205. The molecule has 0 fully saturated rings. The van der Waals surface area contributed by atoms with E-state index in [4.69, 9.17) is 29.3 Å². The van der Waals surface area contributed by atoms with Crippen LogP contribution < -0.4 is 5.32 Å². The first-order valence-corrected chi connectivity index (χ1v) is 19.7. The number of rotatable bonds is 11. The van der Waals surface area contributed by atoms with E-state index in [1.54, 1.807) is 4.68 Å². The Labute approximate surface area is 289 Å². The van der Waals surface area contributed by atoms with Crippen molar-refractivity contribution in [2.75, 3.05) is 6.61 Å². The van der Waals surface area contributed by atoms with E-state index in [1.807, 2.05) is 87.4 Å². The largest absolute Gasteiger partial charge is 0.444 e. The van der Waals surface area contributed by atoms with Crippen LogP contribution in [0, 0.1) is 0 Å². The molecule has 0 radical (unpaired) electrons. The third-order valence-corrected chi connectivity index (χ3v) is 13.3. The Morgan fingerprint density at radius 3 is 2.43 bits per heavy atom. The van der Waals surface area contributed by atoms with Gasteiger partial charge in [0, 0.05) is 36.4 Å². The van der Waals surface area contributed by atoms with E-state index >= 15 is 0 Å². The van der Waals surface area contributed by atoms with Gasteiger partial charge in [-0.15, -0.1) is 0 Å². The Bertz CT molecular complexity index is 1920. The lowest BCUT2D eigenvalue weighted by Gasteiger charge is -2.36. The van der Waals surface area contributed by atoms with Crippen molar-refractivity contribution in [1.82, 2.24) is 34.8 Å². The first-order chi connectivity index (χ1) is 23.0. The summed E-state index contributed by atoms with van der Waals surface area (Å²) in [4.78, 5) is 22.7. The molecule has 0 bridgehead atoms. The van der Waals surface area contributed by atoms with Gasteiger partial charge in [-0.2, -0.15) is 10.2 Å². The van der Waals surface area contributed by atoms with Gasteiger partial charge in [0.2, 0.25) is 0 Å². The standard InChI is InChI=1S/C37H49N7O4Si/c1-36(2,3)48-35(46)41-32(16-12-20-45)31-15-11-14-29(40-31)25-21-27(30-18-19-43(7)42-30)28-23-38-44(33(28)22-25)34-17-10-13-26(39-34)24-47-49(8,9)37(4,5)6/h10-11,13-15,17-19,21-23,32,45H,12,16,20,24H2,1-9H3,(H,41,46)/t32-/m0/s1. The number of alkyl carbamates (subject to hydrolysis) is 1. The first kappa shape index (κ1) is 35.9. The number of aryl methyl sites for hydroxylation is 1. The Balaban J connectivity index is 1.57. The van der Waals surface area contributed by atoms with Crippen LogP contribution in [-0.4, -0.2) is 61.3 Å². The van der Waals surface area contributed by atoms with Crippen molar-refractivity contribution in [3.8, 4) is 28.3 Å². The number of nitrogens with one attached hydrogen (secondary N) is 1. The highest BCUT2D eigenvalue weighted by atomic mass is 28.4. The van der Waals surface area contributed by atoms with Gasteiger partial charge in [-0.1, -0.05) is 32.9 Å². The lowest BCUT2D eigenvalue weighted by atomic mass is 10.0. The molecule has 12 heteroatoms. The summed E-state index contributed by atoms with van der Waals surface area (Å²) in [6, 6.07) is 17.3. The van der Waals surface area contributed by atoms with Gasteiger partial charge < -0.3 is 19.6 Å². The van der Waals surface area contributed by atoms with Crippen LogP contribution in [0.4, 0.5) is 4.79 Å². The number of nitrogens with zero attached hydrogens (tertiary/aromatic N) is 6. The number of fused-ring (bicyclic) bond motifs is 1. The number of carbonyl (C=O) groups is 1. The molecule has 4 aromatic heterocycles. The van der Waals surface area contributed by atoms with Gasteiger partial charge in [0.15, 0.2) is 14.1 Å². The van der Waals surface area contributed by atoms with Crippen LogP contribution in [0.1, 0.15) is 71.8 Å². The lowest BCUT2D eigenvalue weighted by molar-refractivity contribution is 0.0497. The number of ether oxygens (including phenoxy) is 1. The highest BCUT2D eigenvalue weighted by molar-refractivity contribution is 6.74. The lowest BCUT2D eigenvalue weighted by Crippen LogP contribution is -2.40. The van der Waals surface area contributed by atoms with Crippen LogP contribution in [0.2, 0.25) is 18.1 Å². The molecule has 49 heavy (non-hydrogen) atoms. The molecule has 5 aromatic rings. The van der Waals surface area contributed by atoms with E-state index in [-0.39, 0.29) is 11.6 Å². The third-order valence-electron chi connectivity index (χ3n) is 8.84. The summed E-state index contributed by atoms with van der Waals surface area (Å²) in [6.45, 7) is 17.1. The monoisotopic (exact) mass is 683 g/mol. The summed E-state index contributed by atoms with van der Waals surface area (Å²) >= 11 is 0. The zero-order valence-electron chi connectivity index (χ0n) is 30.1. The summed E-state index contributed by atoms with van der Waals surface area (Å²) in [5.74, 6) is 0.683. The molecule has 11 nitrogen and oxygen atoms in total. The van der Waals surface area contributed by atoms with Crippen LogP contribution in [0.5, 0.6) is 0 Å². The predicted molar refractivity (Wildman–Crippen MR) is 195 cm³/mol. The van der Waals surface area contributed by atoms with Crippen molar-refractivity contribution >= 4 is 25.3 Å². The molecule has 0 aliphatic rings. The Morgan fingerprint density at radius 1 is 1.00 bits per heavy atom. The van der Waals surface area contributed by atoms with Crippen molar-refractivity contribution in [1.29, 1.82) is 0 Å². The molecule has 1 aromatic carbocycles. The van der Waals surface area contributed by atoms with E-state index in [0.29, 0.717) is 36.7 Å². The minimum Gasteiger partial charge on any atom is -0.444 e. The quantitative estimate of drug-likeness (QED) is 0.135. The smallest absolute Gasteiger partial charge is 0.408 e. The average Bonchev–Trinajstić information content (AvgIpc) is 3.67. The minimum atomic E-state index is -1.96. The fraction of sp³-hybridized carbons (Fsp3) is 0.432. The third kappa shape index (κ3) is 8.62. The van der Waals surface area contributed by atoms with E-state index < -0.39 is 26.1 Å². The topological polar surface area (TPSA) is 129 Å². The Morgan fingerprint density at radius 2 is 1.76 bits per heavy atom. The summed E-state index contributed by atoms with van der Waals surface area (Å²) in [6.07, 6.45) is 4.23. The summed E-state index contributed by atoms with van der Waals surface area (Å²) in [7, 11) is -0.0710. The highest BCUT2D eigenvalue weighted by Crippen LogP contribution is 2.37. The molecule has 0 aliphatic carbocycles. The number of aliphatic hydroxyl groups is 1. The molecular formula is C37H49N7O4Si. The molecule has 5 rings (SSSR count). The van der Waals surface area contributed by atoms with Gasteiger partial charge in [0.05, 0.1) is 47.1 Å². The van der Waals surface area contributed by atoms with Crippen molar-refractivity contribution in [2.45, 2.75) is 90.8 Å². The molecule has 0 unspecified atom stereocenters. The van der Waals surface area contributed by atoms with Gasteiger partial charge in [-0.3, -0.25) is 9.67 Å². The normalized spacial score (nSPS) is 13.1. The second-order valence-corrected chi connectivity index (χ2v) is 19.7. The summed E-state index contributed by atoms with van der Waals surface area (Å²) in [5.41, 5.74) is 5.00. The number of aromatic nitrogens is 6. The number of benzene rings is 1. The van der Waals surface area contributed by atoms with E-state index in [9.17, 15) is 9.90 Å². The molecule has 2 N–H and O–H groups in total. The van der Waals surface area contributed by atoms with Gasteiger partial charge in [0.1, 0.15) is 5.60 Å². The maximum absolute atomic E-state index is 12.8. The van der Waals surface area contributed by atoms with Crippen molar-refractivity contribution in [3.05, 3.63) is 78.4 Å². The van der Waals surface area contributed by atoms with E-state index in [1.165, 1.54) is 0 Å². The molecule has 0 saturated carbocycles. The number of hydrogen-bond acceptors (Lipinski definition) is 8. The number of carbonyl (C=O) groups excluding carboxylic acids is 1. The average molecular weight is 684 g/mol. The van der Waals surface area contributed by atoms with Gasteiger partial charge in [0.25, 0.3) is 0 Å². The van der Waals surface area contributed by atoms with Crippen LogP contribution in [-0.2, 0) is 22.8 Å². The van der Waals surface area contributed by atoms with Gasteiger partial charge in [-0.05, 0) is 94.2 Å². The Hall–Kier alpha value is -4.39.